The third-order valence-electron chi connectivity index (χ3n) is 2.72. The highest BCUT2D eigenvalue weighted by Gasteiger charge is 2.13. The maximum atomic E-state index is 12.7. The van der Waals surface area contributed by atoms with Gasteiger partial charge in [-0.15, -0.1) is 0 Å². The fourth-order valence-electron chi connectivity index (χ4n) is 1.49. The molecule has 1 aromatic rings. The zero-order chi connectivity index (χ0) is 12.1. The lowest BCUT2D eigenvalue weighted by Gasteiger charge is -2.20. The monoisotopic (exact) mass is 223 g/mol. The SMILES string of the molecule is CCC(C)CN(C)C(=O)c1ccc(F)cc1. The number of carbonyl (C=O) groups excluding carboxylic acids is 1. The van der Waals surface area contributed by atoms with Crippen molar-refractivity contribution in [1.29, 1.82) is 0 Å². The second-order valence-corrected chi connectivity index (χ2v) is 4.21. The number of halogens is 1. The molecule has 1 unspecified atom stereocenters. The van der Waals surface area contributed by atoms with Crippen molar-refractivity contribution in [1.82, 2.24) is 4.90 Å². The van der Waals surface area contributed by atoms with E-state index < -0.39 is 0 Å². The molecule has 1 amide bonds. The molecule has 0 N–H and O–H groups in total. The molecule has 3 heteroatoms. The van der Waals surface area contributed by atoms with Crippen LogP contribution in [0.2, 0.25) is 0 Å². The smallest absolute Gasteiger partial charge is 0.253 e. The lowest BCUT2D eigenvalue weighted by molar-refractivity contribution is 0.0775. The quantitative estimate of drug-likeness (QED) is 0.768. The lowest BCUT2D eigenvalue weighted by atomic mass is 10.1. The molecule has 0 heterocycles. The minimum atomic E-state index is -0.318. The molecule has 0 aliphatic heterocycles. The summed E-state index contributed by atoms with van der Waals surface area (Å²) in [6.45, 7) is 4.93. The normalized spacial score (nSPS) is 12.2. The molecule has 0 aliphatic rings. The molecule has 0 saturated carbocycles. The van der Waals surface area contributed by atoms with E-state index in [2.05, 4.69) is 13.8 Å². The Morgan fingerprint density at radius 3 is 2.44 bits per heavy atom. The Morgan fingerprint density at radius 2 is 1.94 bits per heavy atom. The first-order valence-electron chi connectivity index (χ1n) is 5.55. The average Bonchev–Trinajstić information content (AvgIpc) is 2.28. The van der Waals surface area contributed by atoms with Gasteiger partial charge in [-0.25, -0.2) is 4.39 Å². The van der Waals surface area contributed by atoms with Gasteiger partial charge in [-0.3, -0.25) is 4.79 Å². The van der Waals surface area contributed by atoms with E-state index in [0.717, 1.165) is 13.0 Å². The number of rotatable bonds is 4. The lowest BCUT2D eigenvalue weighted by Crippen LogP contribution is -2.30. The first-order chi connectivity index (χ1) is 7.54. The third-order valence-corrected chi connectivity index (χ3v) is 2.72. The first kappa shape index (κ1) is 12.7. The topological polar surface area (TPSA) is 20.3 Å². The summed E-state index contributed by atoms with van der Waals surface area (Å²) >= 11 is 0. The molecule has 0 aliphatic carbocycles. The Hall–Kier alpha value is -1.38. The summed E-state index contributed by atoms with van der Waals surface area (Å²) in [6.07, 6.45) is 1.04. The molecular weight excluding hydrogens is 205 g/mol. The molecule has 0 bridgehead atoms. The van der Waals surface area contributed by atoms with Crippen molar-refractivity contribution in [3.05, 3.63) is 35.6 Å². The largest absolute Gasteiger partial charge is 0.341 e. The van der Waals surface area contributed by atoms with Gasteiger partial charge in [0, 0.05) is 19.2 Å². The molecule has 16 heavy (non-hydrogen) atoms. The van der Waals surface area contributed by atoms with Gasteiger partial charge in [-0.05, 0) is 30.2 Å². The van der Waals surface area contributed by atoms with Crippen LogP contribution >= 0.6 is 0 Å². The Morgan fingerprint density at radius 1 is 1.38 bits per heavy atom. The van der Waals surface area contributed by atoms with Gasteiger partial charge in [0.2, 0.25) is 0 Å². The van der Waals surface area contributed by atoms with E-state index in [-0.39, 0.29) is 11.7 Å². The van der Waals surface area contributed by atoms with Crippen LogP contribution in [-0.2, 0) is 0 Å². The van der Waals surface area contributed by atoms with Crippen LogP contribution in [-0.4, -0.2) is 24.4 Å². The predicted molar refractivity (Wildman–Crippen MR) is 62.8 cm³/mol. The Kier molecular flexibility index (Phi) is 4.47. The van der Waals surface area contributed by atoms with E-state index >= 15 is 0 Å². The number of hydrogen-bond acceptors (Lipinski definition) is 1. The number of hydrogen-bond donors (Lipinski definition) is 0. The zero-order valence-corrected chi connectivity index (χ0v) is 10.0. The van der Waals surface area contributed by atoms with Crippen LogP contribution in [0.4, 0.5) is 4.39 Å². The van der Waals surface area contributed by atoms with Crippen LogP contribution in [0.3, 0.4) is 0 Å². The van der Waals surface area contributed by atoms with E-state index in [1.807, 2.05) is 0 Å². The van der Waals surface area contributed by atoms with Gasteiger partial charge in [-0.2, -0.15) is 0 Å². The molecule has 0 spiro atoms. The highest BCUT2D eigenvalue weighted by molar-refractivity contribution is 5.93. The number of carbonyl (C=O) groups is 1. The number of benzene rings is 1. The summed E-state index contributed by atoms with van der Waals surface area (Å²) in [5, 5.41) is 0. The van der Waals surface area contributed by atoms with Crippen molar-refractivity contribution < 1.29 is 9.18 Å². The van der Waals surface area contributed by atoms with Gasteiger partial charge in [0.1, 0.15) is 5.82 Å². The Labute approximate surface area is 96.1 Å². The fourth-order valence-corrected chi connectivity index (χ4v) is 1.49. The zero-order valence-electron chi connectivity index (χ0n) is 10.0. The van der Waals surface area contributed by atoms with Crippen molar-refractivity contribution in [2.45, 2.75) is 20.3 Å². The van der Waals surface area contributed by atoms with Crippen molar-refractivity contribution in [3.8, 4) is 0 Å². The fraction of sp³-hybridized carbons (Fsp3) is 0.462. The van der Waals surface area contributed by atoms with Gasteiger partial charge in [0.15, 0.2) is 0 Å². The molecule has 0 fully saturated rings. The summed E-state index contributed by atoms with van der Waals surface area (Å²) in [7, 11) is 1.78. The number of amides is 1. The summed E-state index contributed by atoms with van der Waals surface area (Å²) in [6, 6.07) is 5.66. The molecular formula is C13H18FNO. The minimum Gasteiger partial charge on any atom is -0.341 e. The highest BCUT2D eigenvalue weighted by atomic mass is 19.1. The van der Waals surface area contributed by atoms with Gasteiger partial charge < -0.3 is 4.90 Å². The van der Waals surface area contributed by atoms with E-state index in [4.69, 9.17) is 0 Å². The minimum absolute atomic E-state index is 0.0553. The van der Waals surface area contributed by atoms with Crippen molar-refractivity contribution in [2.75, 3.05) is 13.6 Å². The molecule has 88 valence electrons. The van der Waals surface area contributed by atoms with E-state index in [1.165, 1.54) is 24.3 Å². The van der Waals surface area contributed by atoms with Crippen molar-refractivity contribution in [3.63, 3.8) is 0 Å². The summed E-state index contributed by atoms with van der Waals surface area (Å²) < 4.78 is 12.7. The molecule has 2 nitrogen and oxygen atoms in total. The maximum absolute atomic E-state index is 12.7. The second kappa shape index (κ2) is 5.64. The van der Waals surface area contributed by atoms with Crippen LogP contribution in [0.1, 0.15) is 30.6 Å². The molecule has 1 rings (SSSR count). The van der Waals surface area contributed by atoms with Gasteiger partial charge in [-0.1, -0.05) is 20.3 Å². The van der Waals surface area contributed by atoms with Gasteiger partial charge in [0.25, 0.3) is 5.91 Å². The molecule has 0 radical (unpaired) electrons. The van der Waals surface area contributed by atoms with E-state index in [9.17, 15) is 9.18 Å². The average molecular weight is 223 g/mol. The van der Waals surface area contributed by atoms with Crippen molar-refractivity contribution in [2.24, 2.45) is 5.92 Å². The Balaban J connectivity index is 2.67. The van der Waals surface area contributed by atoms with Crippen LogP contribution in [0.25, 0.3) is 0 Å². The van der Waals surface area contributed by atoms with Crippen molar-refractivity contribution >= 4 is 5.91 Å². The van der Waals surface area contributed by atoms with Gasteiger partial charge in [0.05, 0.1) is 0 Å². The Bertz CT molecular complexity index is 347. The molecule has 0 saturated heterocycles. The standard InChI is InChI=1S/C13H18FNO/c1-4-10(2)9-15(3)13(16)11-5-7-12(14)8-6-11/h5-8,10H,4,9H2,1-3H3. The second-order valence-electron chi connectivity index (χ2n) is 4.21. The molecule has 1 aromatic carbocycles. The molecule has 0 aromatic heterocycles. The summed E-state index contributed by atoms with van der Waals surface area (Å²) in [5.41, 5.74) is 0.534. The highest BCUT2D eigenvalue weighted by Crippen LogP contribution is 2.09. The van der Waals surface area contributed by atoms with Gasteiger partial charge >= 0.3 is 0 Å². The van der Waals surface area contributed by atoms with Crippen LogP contribution in [0, 0.1) is 11.7 Å². The van der Waals surface area contributed by atoms with Crippen LogP contribution < -0.4 is 0 Å². The van der Waals surface area contributed by atoms with Crippen LogP contribution in [0.15, 0.2) is 24.3 Å². The van der Waals surface area contributed by atoms with E-state index in [0.29, 0.717) is 11.5 Å². The van der Waals surface area contributed by atoms with Crippen LogP contribution in [0.5, 0.6) is 0 Å². The summed E-state index contributed by atoms with van der Waals surface area (Å²) in [4.78, 5) is 13.6. The summed E-state index contributed by atoms with van der Waals surface area (Å²) in [5.74, 6) is 0.107. The predicted octanol–water partition coefficient (Wildman–Crippen LogP) is 2.94. The first-order valence-corrected chi connectivity index (χ1v) is 5.55. The van der Waals surface area contributed by atoms with E-state index in [1.54, 1.807) is 11.9 Å². The third kappa shape index (κ3) is 3.33. The molecule has 1 atom stereocenters. The maximum Gasteiger partial charge on any atom is 0.253 e. The number of nitrogens with zero attached hydrogens (tertiary/aromatic N) is 1.